The topological polar surface area (TPSA) is 95.5 Å². The molecule has 3 N–H and O–H groups in total. The van der Waals surface area contributed by atoms with E-state index in [0.717, 1.165) is 11.1 Å². The number of carbonyl (C=O) groups is 1. The molecule has 0 heterocycles. The van der Waals surface area contributed by atoms with E-state index in [1.165, 1.54) is 41.9 Å². The summed E-state index contributed by atoms with van der Waals surface area (Å²) in [6, 6.07) is 21.9. The lowest BCUT2D eigenvalue weighted by atomic mass is 10.1. The van der Waals surface area contributed by atoms with E-state index < -0.39 is 15.9 Å². The second kappa shape index (κ2) is 7.38. The largest absolute Gasteiger partial charge is 0.288 e. The van der Waals surface area contributed by atoms with Crippen LogP contribution in [0, 0.1) is 0 Å². The second-order valence-electron chi connectivity index (χ2n) is 5.51. The predicted molar refractivity (Wildman–Crippen MR) is 98.4 cm³/mol. The van der Waals surface area contributed by atoms with Crippen LogP contribution in [0.2, 0.25) is 0 Å². The SMILES string of the molecule is O=C(NO)c1ccc(NS(=O)(=O)c2ccc(-c3ccccc3)cc2)cc1. The molecular formula is C19H16N2O4S. The van der Waals surface area contributed by atoms with E-state index >= 15 is 0 Å². The van der Waals surface area contributed by atoms with Crippen LogP contribution in [0.4, 0.5) is 5.69 Å². The summed E-state index contributed by atoms with van der Waals surface area (Å²) >= 11 is 0. The fourth-order valence-electron chi connectivity index (χ4n) is 2.43. The highest BCUT2D eigenvalue weighted by molar-refractivity contribution is 7.92. The first-order valence-electron chi connectivity index (χ1n) is 7.72. The van der Waals surface area contributed by atoms with Crippen molar-refractivity contribution < 1.29 is 18.4 Å². The number of carbonyl (C=O) groups excluding carboxylic acids is 1. The van der Waals surface area contributed by atoms with Crippen LogP contribution in [0.1, 0.15) is 10.4 Å². The minimum Gasteiger partial charge on any atom is -0.288 e. The summed E-state index contributed by atoms with van der Waals surface area (Å²) in [6.45, 7) is 0. The van der Waals surface area contributed by atoms with Crippen molar-refractivity contribution in [3.63, 3.8) is 0 Å². The molecule has 3 aromatic carbocycles. The van der Waals surface area contributed by atoms with Gasteiger partial charge in [-0.1, -0.05) is 42.5 Å². The lowest BCUT2D eigenvalue weighted by Crippen LogP contribution is -2.18. The first-order chi connectivity index (χ1) is 12.5. The molecule has 0 aliphatic rings. The summed E-state index contributed by atoms with van der Waals surface area (Å²) in [5.74, 6) is -0.670. The highest BCUT2D eigenvalue weighted by atomic mass is 32.2. The van der Waals surface area contributed by atoms with Gasteiger partial charge in [0, 0.05) is 11.3 Å². The van der Waals surface area contributed by atoms with Crippen molar-refractivity contribution in [3.05, 3.63) is 84.4 Å². The van der Waals surface area contributed by atoms with Crippen LogP contribution < -0.4 is 10.2 Å². The van der Waals surface area contributed by atoms with Crippen molar-refractivity contribution >= 4 is 21.6 Å². The molecule has 3 aromatic rings. The van der Waals surface area contributed by atoms with Gasteiger partial charge in [-0.15, -0.1) is 0 Å². The molecule has 1 amide bonds. The van der Waals surface area contributed by atoms with Crippen LogP contribution in [0.5, 0.6) is 0 Å². The van der Waals surface area contributed by atoms with Crippen molar-refractivity contribution in [2.45, 2.75) is 4.90 Å². The summed E-state index contributed by atoms with van der Waals surface area (Å²) in [4.78, 5) is 11.4. The molecule has 26 heavy (non-hydrogen) atoms. The average Bonchev–Trinajstić information content (AvgIpc) is 2.68. The molecule has 0 saturated heterocycles. The first-order valence-corrected chi connectivity index (χ1v) is 9.21. The van der Waals surface area contributed by atoms with Gasteiger partial charge in [0.25, 0.3) is 15.9 Å². The second-order valence-corrected chi connectivity index (χ2v) is 7.20. The summed E-state index contributed by atoms with van der Waals surface area (Å²) in [6.07, 6.45) is 0. The van der Waals surface area contributed by atoms with Gasteiger partial charge >= 0.3 is 0 Å². The molecule has 0 aromatic heterocycles. The van der Waals surface area contributed by atoms with Gasteiger partial charge < -0.3 is 0 Å². The van der Waals surface area contributed by atoms with Crippen LogP contribution in [0.3, 0.4) is 0 Å². The van der Waals surface area contributed by atoms with E-state index in [9.17, 15) is 13.2 Å². The monoisotopic (exact) mass is 368 g/mol. The highest BCUT2D eigenvalue weighted by Gasteiger charge is 2.14. The minimum atomic E-state index is -3.75. The van der Waals surface area contributed by atoms with Gasteiger partial charge in [0.1, 0.15) is 0 Å². The molecule has 0 unspecified atom stereocenters. The van der Waals surface area contributed by atoms with E-state index in [2.05, 4.69) is 4.72 Å². The van der Waals surface area contributed by atoms with Crippen molar-refractivity contribution in [3.8, 4) is 11.1 Å². The number of benzene rings is 3. The maximum Gasteiger partial charge on any atom is 0.274 e. The average molecular weight is 368 g/mol. The van der Waals surface area contributed by atoms with Crippen molar-refractivity contribution in [1.29, 1.82) is 0 Å². The molecule has 0 radical (unpaired) electrons. The number of anilines is 1. The predicted octanol–water partition coefficient (Wildman–Crippen LogP) is 3.27. The van der Waals surface area contributed by atoms with E-state index in [-0.39, 0.29) is 10.5 Å². The van der Waals surface area contributed by atoms with E-state index in [1.807, 2.05) is 30.3 Å². The van der Waals surface area contributed by atoms with Crippen molar-refractivity contribution in [2.24, 2.45) is 0 Å². The van der Waals surface area contributed by atoms with Gasteiger partial charge in [-0.05, 0) is 47.5 Å². The van der Waals surface area contributed by atoms with Crippen LogP contribution in [0.15, 0.2) is 83.8 Å². The van der Waals surface area contributed by atoms with E-state index in [1.54, 1.807) is 12.1 Å². The Labute approximate surface area is 151 Å². The van der Waals surface area contributed by atoms with Crippen molar-refractivity contribution in [2.75, 3.05) is 4.72 Å². The number of hydrogen-bond acceptors (Lipinski definition) is 4. The first kappa shape index (κ1) is 17.7. The normalized spacial score (nSPS) is 11.0. The van der Waals surface area contributed by atoms with Crippen molar-refractivity contribution in [1.82, 2.24) is 5.48 Å². The Morgan fingerprint density at radius 1 is 0.769 bits per heavy atom. The number of hydrogen-bond donors (Lipinski definition) is 3. The Balaban J connectivity index is 1.79. The number of nitrogens with one attached hydrogen (secondary N) is 2. The molecular weight excluding hydrogens is 352 g/mol. The molecule has 3 rings (SSSR count). The maximum atomic E-state index is 12.5. The molecule has 0 spiro atoms. The van der Waals surface area contributed by atoms with Gasteiger partial charge in [0.05, 0.1) is 4.90 Å². The third-order valence-electron chi connectivity index (χ3n) is 3.77. The number of sulfonamides is 1. The van der Waals surface area contributed by atoms with Crippen LogP contribution in [-0.4, -0.2) is 19.5 Å². The smallest absolute Gasteiger partial charge is 0.274 e. The van der Waals surface area contributed by atoms with E-state index in [4.69, 9.17) is 5.21 Å². The molecule has 0 bridgehead atoms. The standard InChI is InChI=1S/C19H16N2O4S/c22-19(20-23)16-6-10-17(11-7-16)21-26(24,25)18-12-8-15(9-13-18)14-4-2-1-3-5-14/h1-13,21,23H,(H,20,22). The Hall–Kier alpha value is -3.16. The Morgan fingerprint density at radius 3 is 1.92 bits per heavy atom. The third kappa shape index (κ3) is 3.90. The summed E-state index contributed by atoms with van der Waals surface area (Å²) in [5, 5.41) is 8.59. The number of rotatable bonds is 5. The summed E-state index contributed by atoms with van der Waals surface area (Å²) in [7, 11) is -3.75. The number of hydroxylamine groups is 1. The molecule has 0 fully saturated rings. The Bertz CT molecular complexity index is 1000. The van der Waals surface area contributed by atoms with E-state index in [0.29, 0.717) is 5.69 Å². The molecule has 0 aliphatic carbocycles. The van der Waals surface area contributed by atoms with Gasteiger partial charge in [-0.3, -0.25) is 14.7 Å². The minimum absolute atomic E-state index is 0.134. The fraction of sp³-hybridized carbons (Fsp3) is 0. The van der Waals surface area contributed by atoms with Gasteiger partial charge in [0.2, 0.25) is 0 Å². The van der Waals surface area contributed by atoms with Gasteiger partial charge in [-0.2, -0.15) is 0 Å². The molecule has 7 heteroatoms. The zero-order chi connectivity index (χ0) is 18.6. The lowest BCUT2D eigenvalue weighted by Gasteiger charge is -2.09. The summed E-state index contributed by atoms with van der Waals surface area (Å²) in [5.41, 5.74) is 3.96. The van der Waals surface area contributed by atoms with Crippen LogP contribution in [0.25, 0.3) is 11.1 Å². The fourth-order valence-corrected chi connectivity index (χ4v) is 3.48. The lowest BCUT2D eigenvalue weighted by molar-refractivity contribution is 0.0706. The number of amides is 1. The third-order valence-corrected chi connectivity index (χ3v) is 5.17. The maximum absolute atomic E-state index is 12.5. The van der Waals surface area contributed by atoms with Gasteiger partial charge in [-0.25, -0.2) is 13.9 Å². The molecule has 6 nitrogen and oxygen atoms in total. The molecule has 0 atom stereocenters. The zero-order valence-electron chi connectivity index (χ0n) is 13.6. The molecule has 0 aliphatic heterocycles. The van der Waals surface area contributed by atoms with Crippen LogP contribution in [-0.2, 0) is 10.0 Å². The Kier molecular flexibility index (Phi) is 5.01. The quantitative estimate of drug-likeness (QED) is 0.476. The molecule has 0 saturated carbocycles. The van der Waals surface area contributed by atoms with Gasteiger partial charge in [0.15, 0.2) is 0 Å². The molecule has 132 valence electrons. The summed E-state index contributed by atoms with van der Waals surface area (Å²) < 4.78 is 27.4. The zero-order valence-corrected chi connectivity index (χ0v) is 14.4. The van der Waals surface area contributed by atoms with Crippen LogP contribution >= 0.6 is 0 Å². The Morgan fingerprint density at radius 2 is 1.35 bits per heavy atom. The highest BCUT2D eigenvalue weighted by Crippen LogP contribution is 2.22.